The minimum absolute atomic E-state index is 0.0787. The summed E-state index contributed by atoms with van der Waals surface area (Å²) in [5.74, 6) is 0.211. The molecule has 1 unspecified atom stereocenters. The SMILES string of the molecule is O=C(CC1c2ccccc2-c2ccccc21)N1CCOC(COn2nnc3cccnc32)C1. The fourth-order valence-electron chi connectivity index (χ4n) is 4.82. The van der Waals surface area contributed by atoms with E-state index in [0.717, 1.165) is 0 Å². The van der Waals surface area contributed by atoms with Crippen molar-refractivity contribution in [2.45, 2.75) is 18.4 Å². The zero-order chi connectivity index (χ0) is 22.2. The number of amides is 1. The summed E-state index contributed by atoms with van der Waals surface area (Å²) < 4.78 is 5.85. The highest BCUT2D eigenvalue weighted by atomic mass is 16.7. The van der Waals surface area contributed by atoms with E-state index in [1.165, 1.54) is 27.1 Å². The normalized spacial score (nSPS) is 17.7. The van der Waals surface area contributed by atoms with Gasteiger partial charge >= 0.3 is 0 Å². The number of fused-ring (bicyclic) bond motifs is 4. The van der Waals surface area contributed by atoms with Gasteiger partial charge in [0.25, 0.3) is 0 Å². The topological polar surface area (TPSA) is 82.4 Å². The summed E-state index contributed by atoms with van der Waals surface area (Å²) in [6.45, 7) is 1.80. The Bertz CT molecular complexity index is 1270. The Morgan fingerprint density at radius 2 is 1.79 bits per heavy atom. The molecule has 8 nitrogen and oxygen atoms in total. The van der Waals surface area contributed by atoms with Gasteiger partial charge in [-0.1, -0.05) is 53.4 Å². The third-order valence-corrected chi connectivity index (χ3v) is 6.40. The second-order valence-corrected chi connectivity index (χ2v) is 8.37. The molecule has 1 aliphatic carbocycles. The molecular formula is C25H23N5O3. The first-order chi connectivity index (χ1) is 16.3. The van der Waals surface area contributed by atoms with Crippen LogP contribution in [0.25, 0.3) is 22.3 Å². The van der Waals surface area contributed by atoms with Crippen molar-refractivity contribution in [2.24, 2.45) is 0 Å². The lowest BCUT2D eigenvalue weighted by Crippen LogP contribution is -2.48. The highest BCUT2D eigenvalue weighted by Crippen LogP contribution is 2.46. The van der Waals surface area contributed by atoms with E-state index in [1.54, 1.807) is 12.3 Å². The summed E-state index contributed by atoms with van der Waals surface area (Å²) in [5, 5.41) is 8.03. The number of hydrogen-bond acceptors (Lipinski definition) is 6. The van der Waals surface area contributed by atoms with E-state index in [4.69, 9.17) is 9.57 Å². The fraction of sp³-hybridized carbons (Fsp3) is 0.280. The molecule has 1 fully saturated rings. The molecule has 2 aliphatic rings. The van der Waals surface area contributed by atoms with Gasteiger partial charge in [-0.05, 0) is 39.6 Å². The van der Waals surface area contributed by atoms with Crippen LogP contribution < -0.4 is 4.84 Å². The van der Waals surface area contributed by atoms with Crippen LogP contribution in [0, 0.1) is 0 Å². The van der Waals surface area contributed by atoms with Gasteiger partial charge in [0.2, 0.25) is 11.6 Å². The molecular weight excluding hydrogens is 418 g/mol. The molecule has 166 valence electrons. The minimum Gasteiger partial charge on any atom is -0.391 e. The van der Waals surface area contributed by atoms with Crippen LogP contribution in [0.1, 0.15) is 23.5 Å². The second-order valence-electron chi connectivity index (χ2n) is 8.37. The van der Waals surface area contributed by atoms with Crippen LogP contribution >= 0.6 is 0 Å². The van der Waals surface area contributed by atoms with Gasteiger partial charge in [0.15, 0.2) is 0 Å². The van der Waals surface area contributed by atoms with Crippen molar-refractivity contribution in [3.05, 3.63) is 78.0 Å². The third kappa shape index (κ3) is 3.62. The van der Waals surface area contributed by atoms with Crippen molar-refractivity contribution in [1.29, 1.82) is 0 Å². The molecule has 2 aromatic heterocycles. The molecule has 0 N–H and O–H groups in total. The Kier molecular flexibility index (Phi) is 4.99. The molecule has 3 heterocycles. The Balaban J connectivity index is 1.13. The molecule has 0 saturated carbocycles. The molecule has 2 aromatic carbocycles. The summed E-state index contributed by atoms with van der Waals surface area (Å²) in [6.07, 6.45) is 1.87. The average molecular weight is 441 g/mol. The maximum Gasteiger partial charge on any atom is 0.223 e. The molecule has 1 saturated heterocycles. The molecule has 8 heteroatoms. The molecule has 1 aliphatic heterocycles. The zero-order valence-corrected chi connectivity index (χ0v) is 18.0. The lowest BCUT2D eigenvalue weighted by molar-refractivity contribution is -0.141. The first kappa shape index (κ1) is 19.9. The summed E-state index contributed by atoms with van der Waals surface area (Å²) >= 11 is 0. The van der Waals surface area contributed by atoms with E-state index >= 15 is 0 Å². The molecule has 6 rings (SSSR count). The summed E-state index contributed by atoms with van der Waals surface area (Å²) in [4.78, 5) is 26.5. The van der Waals surface area contributed by atoms with Crippen LogP contribution in [0.5, 0.6) is 0 Å². The van der Waals surface area contributed by atoms with Crippen molar-refractivity contribution >= 4 is 17.1 Å². The number of nitrogens with zero attached hydrogens (tertiary/aromatic N) is 5. The number of carbonyl (C=O) groups is 1. The van der Waals surface area contributed by atoms with Crippen molar-refractivity contribution in [1.82, 2.24) is 25.0 Å². The van der Waals surface area contributed by atoms with E-state index in [0.29, 0.717) is 37.3 Å². The summed E-state index contributed by atoms with van der Waals surface area (Å²) in [6, 6.07) is 20.4. The van der Waals surface area contributed by atoms with Gasteiger partial charge in [-0.3, -0.25) is 4.79 Å². The second kappa shape index (κ2) is 8.29. The van der Waals surface area contributed by atoms with Gasteiger partial charge in [0.05, 0.1) is 13.2 Å². The maximum absolute atomic E-state index is 13.3. The first-order valence-electron chi connectivity index (χ1n) is 11.2. The molecule has 0 spiro atoms. The van der Waals surface area contributed by atoms with Crippen LogP contribution in [-0.4, -0.2) is 63.4 Å². The van der Waals surface area contributed by atoms with E-state index in [2.05, 4.69) is 51.7 Å². The number of carbonyl (C=O) groups excluding carboxylic acids is 1. The highest BCUT2D eigenvalue weighted by molar-refractivity contribution is 5.84. The Hall–Kier alpha value is -3.78. The van der Waals surface area contributed by atoms with E-state index in [9.17, 15) is 4.79 Å². The number of benzene rings is 2. The van der Waals surface area contributed by atoms with E-state index < -0.39 is 0 Å². The van der Waals surface area contributed by atoms with Gasteiger partial charge in [0.1, 0.15) is 18.2 Å². The predicted molar refractivity (Wildman–Crippen MR) is 121 cm³/mol. The average Bonchev–Trinajstić information content (AvgIpc) is 3.42. The molecule has 4 aromatic rings. The van der Waals surface area contributed by atoms with Crippen LogP contribution in [0.4, 0.5) is 0 Å². The Labute approximate surface area is 190 Å². The highest BCUT2D eigenvalue weighted by Gasteiger charge is 2.32. The van der Waals surface area contributed by atoms with Gasteiger partial charge in [-0.2, -0.15) is 0 Å². The van der Waals surface area contributed by atoms with Crippen molar-refractivity contribution < 1.29 is 14.4 Å². The lowest BCUT2D eigenvalue weighted by atomic mass is 9.93. The van der Waals surface area contributed by atoms with Gasteiger partial charge < -0.3 is 14.5 Å². The number of aromatic nitrogens is 4. The lowest BCUT2D eigenvalue weighted by Gasteiger charge is -2.33. The first-order valence-corrected chi connectivity index (χ1v) is 11.2. The fourth-order valence-corrected chi connectivity index (χ4v) is 4.82. The van der Waals surface area contributed by atoms with Gasteiger partial charge in [-0.15, -0.1) is 5.10 Å². The molecule has 1 atom stereocenters. The molecule has 0 radical (unpaired) electrons. The maximum atomic E-state index is 13.3. The van der Waals surface area contributed by atoms with Crippen LogP contribution in [0.2, 0.25) is 0 Å². The Morgan fingerprint density at radius 1 is 1.03 bits per heavy atom. The van der Waals surface area contributed by atoms with Crippen LogP contribution in [-0.2, 0) is 9.53 Å². The molecule has 33 heavy (non-hydrogen) atoms. The third-order valence-electron chi connectivity index (χ3n) is 6.40. The monoisotopic (exact) mass is 441 g/mol. The molecule has 1 amide bonds. The van der Waals surface area contributed by atoms with Crippen molar-refractivity contribution in [2.75, 3.05) is 26.3 Å². The van der Waals surface area contributed by atoms with Crippen molar-refractivity contribution in [3.8, 4) is 11.1 Å². The zero-order valence-electron chi connectivity index (χ0n) is 18.0. The quantitative estimate of drug-likeness (QED) is 0.474. The number of morpholine rings is 1. The van der Waals surface area contributed by atoms with Crippen LogP contribution in [0.15, 0.2) is 66.9 Å². The largest absolute Gasteiger partial charge is 0.391 e. The standard InChI is InChI=1S/C25H23N5O3/c31-24(14-22-20-8-3-1-6-18(20)19-7-2-4-9-21(19)22)29-12-13-32-17(15-29)16-33-30-25-23(27-28-30)10-5-11-26-25/h1-11,17,22H,12-16H2. The van der Waals surface area contributed by atoms with E-state index in [1.807, 2.05) is 23.1 Å². The number of hydrogen-bond donors (Lipinski definition) is 0. The van der Waals surface area contributed by atoms with Gasteiger partial charge in [-0.25, -0.2) is 4.98 Å². The number of ether oxygens (including phenoxy) is 1. The van der Waals surface area contributed by atoms with Crippen LogP contribution in [0.3, 0.4) is 0 Å². The Morgan fingerprint density at radius 3 is 2.58 bits per heavy atom. The van der Waals surface area contributed by atoms with E-state index in [-0.39, 0.29) is 24.5 Å². The molecule has 0 bridgehead atoms. The number of rotatable bonds is 5. The smallest absolute Gasteiger partial charge is 0.223 e. The summed E-state index contributed by atoms with van der Waals surface area (Å²) in [7, 11) is 0. The summed E-state index contributed by atoms with van der Waals surface area (Å²) in [5.41, 5.74) is 6.13. The predicted octanol–water partition coefficient (Wildman–Crippen LogP) is 2.68. The van der Waals surface area contributed by atoms with Crippen molar-refractivity contribution in [3.63, 3.8) is 0 Å². The van der Waals surface area contributed by atoms with Gasteiger partial charge in [0, 0.05) is 25.1 Å². The minimum atomic E-state index is -0.242. The number of pyridine rings is 1.